The molecular formula is C21H19N3O2S. The van der Waals surface area contributed by atoms with Gasteiger partial charge >= 0.3 is 0 Å². The van der Waals surface area contributed by atoms with Gasteiger partial charge in [0.1, 0.15) is 15.4 Å². The molecular weight excluding hydrogens is 358 g/mol. The summed E-state index contributed by atoms with van der Waals surface area (Å²) in [5.74, 6) is 0.437. The molecule has 2 aromatic heterocycles. The Morgan fingerprint density at radius 2 is 1.89 bits per heavy atom. The van der Waals surface area contributed by atoms with Crippen LogP contribution in [0.25, 0.3) is 21.7 Å². The van der Waals surface area contributed by atoms with Crippen molar-refractivity contribution in [2.75, 3.05) is 5.32 Å². The van der Waals surface area contributed by atoms with Crippen LogP contribution in [0.15, 0.2) is 46.9 Å². The van der Waals surface area contributed by atoms with E-state index in [4.69, 9.17) is 4.42 Å². The number of nitrogens with zero attached hydrogens (tertiary/aromatic N) is 2. The van der Waals surface area contributed by atoms with Gasteiger partial charge in [-0.15, -0.1) is 11.3 Å². The highest BCUT2D eigenvalue weighted by molar-refractivity contribution is 7.17. The maximum absolute atomic E-state index is 12.7. The first-order valence-corrected chi connectivity index (χ1v) is 9.60. The Hall–Kier alpha value is -2.99. The van der Waals surface area contributed by atoms with Crippen LogP contribution in [-0.2, 0) is 6.42 Å². The lowest BCUT2D eigenvalue weighted by molar-refractivity contribution is 0.103. The van der Waals surface area contributed by atoms with E-state index in [2.05, 4.69) is 46.5 Å². The van der Waals surface area contributed by atoms with Crippen LogP contribution in [0.1, 0.15) is 33.7 Å². The number of oxazole rings is 1. The molecule has 136 valence electrons. The molecule has 2 heterocycles. The summed E-state index contributed by atoms with van der Waals surface area (Å²) in [6.45, 7) is 5.79. The van der Waals surface area contributed by atoms with Crippen molar-refractivity contribution >= 4 is 34.0 Å². The molecule has 0 unspecified atom stereocenters. The highest BCUT2D eigenvalue weighted by atomic mass is 32.1. The van der Waals surface area contributed by atoms with Crippen LogP contribution in [-0.4, -0.2) is 15.9 Å². The van der Waals surface area contributed by atoms with Gasteiger partial charge in [0, 0.05) is 18.2 Å². The lowest BCUT2D eigenvalue weighted by Crippen LogP contribution is -2.11. The zero-order valence-electron chi connectivity index (χ0n) is 15.4. The molecule has 0 atom stereocenters. The van der Waals surface area contributed by atoms with Crippen LogP contribution in [0.5, 0.6) is 0 Å². The van der Waals surface area contributed by atoms with Gasteiger partial charge in [0.15, 0.2) is 11.5 Å². The number of hydrogen-bond donors (Lipinski definition) is 1. The molecule has 0 spiro atoms. The average molecular weight is 377 g/mol. The van der Waals surface area contributed by atoms with Gasteiger partial charge < -0.3 is 9.73 Å². The van der Waals surface area contributed by atoms with Gasteiger partial charge in [0.2, 0.25) is 0 Å². The zero-order chi connectivity index (χ0) is 19.0. The van der Waals surface area contributed by atoms with Crippen molar-refractivity contribution in [3.8, 4) is 10.6 Å². The number of nitrogens with one attached hydrogen (secondary N) is 1. The van der Waals surface area contributed by atoms with Crippen LogP contribution < -0.4 is 5.32 Å². The fourth-order valence-corrected chi connectivity index (χ4v) is 3.89. The Balaban J connectivity index is 1.58. The number of aryl methyl sites for hydroxylation is 3. The third-order valence-corrected chi connectivity index (χ3v) is 5.57. The van der Waals surface area contributed by atoms with Crippen molar-refractivity contribution in [1.82, 2.24) is 9.97 Å². The number of fused-ring (bicyclic) bond motifs is 1. The van der Waals surface area contributed by atoms with Crippen LogP contribution in [0.4, 0.5) is 5.69 Å². The highest BCUT2D eigenvalue weighted by Gasteiger charge is 2.17. The molecule has 0 aliphatic carbocycles. The van der Waals surface area contributed by atoms with Crippen molar-refractivity contribution in [3.05, 3.63) is 64.5 Å². The summed E-state index contributed by atoms with van der Waals surface area (Å²) in [6.07, 6.45) is 1.00. The van der Waals surface area contributed by atoms with Gasteiger partial charge in [-0.3, -0.25) is 4.79 Å². The Bertz CT molecular complexity index is 1130. The lowest BCUT2D eigenvalue weighted by atomic mass is 10.1. The summed E-state index contributed by atoms with van der Waals surface area (Å²) in [5, 5.41) is 3.78. The van der Waals surface area contributed by atoms with Crippen LogP contribution >= 0.6 is 11.3 Å². The third-order valence-electron chi connectivity index (χ3n) is 4.36. The van der Waals surface area contributed by atoms with E-state index in [1.165, 1.54) is 16.9 Å². The predicted octanol–water partition coefficient (Wildman–Crippen LogP) is 5.38. The number of anilines is 1. The smallest absolute Gasteiger partial charge is 0.267 e. The fourth-order valence-electron chi connectivity index (χ4n) is 2.92. The molecule has 0 bridgehead atoms. The average Bonchev–Trinajstić information content (AvgIpc) is 3.23. The quantitative estimate of drug-likeness (QED) is 0.518. The molecule has 1 amide bonds. The number of thiazole rings is 1. The van der Waals surface area contributed by atoms with E-state index in [1.807, 2.05) is 25.1 Å². The van der Waals surface area contributed by atoms with Crippen molar-refractivity contribution in [3.63, 3.8) is 0 Å². The van der Waals surface area contributed by atoms with E-state index < -0.39 is 0 Å². The molecule has 2 aromatic carbocycles. The third kappa shape index (κ3) is 3.48. The number of aromatic nitrogens is 2. The summed E-state index contributed by atoms with van der Waals surface area (Å²) in [5.41, 5.74) is 5.15. The van der Waals surface area contributed by atoms with E-state index in [1.54, 1.807) is 6.92 Å². The first-order valence-electron chi connectivity index (χ1n) is 8.79. The first kappa shape index (κ1) is 17.4. The molecule has 0 aliphatic rings. The number of hydrogen-bond acceptors (Lipinski definition) is 5. The minimum atomic E-state index is -0.166. The minimum Gasteiger partial charge on any atom is -0.441 e. The first-order chi connectivity index (χ1) is 13.0. The van der Waals surface area contributed by atoms with Crippen molar-refractivity contribution in [1.29, 1.82) is 0 Å². The standard InChI is InChI=1S/C21H19N3O2S/c1-4-14-5-7-15(8-6-14)21-22-12(2)19(27-21)20(25)24-16-9-10-18-17(11-16)23-13(3)26-18/h5-11H,4H2,1-3H3,(H,24,25). The molecule has 0 aliphatic heterocycles. The van der Waals surface area contributed by atoms with Crippen molar-refractivity contribution in [2.24, 2.45) is 0 Å². The molecule has 0 saturated carbocycles. The van der Waals surface area contributed by atoms with Gasteiger partial charge in [-0.1, -0.05) is 31.2 Å². The Labute approximate surface area is 161 Å². The van der Waals surface area contributed by atoms with Crippen LogP contribution in [0.2, 0.25) is 0 Å². The van der Waals surface area contributed by atoms with E-state index in [0.717, 1.165) is 28.2 Å². The molecule has 4 rings (SSSR count). The second-order valence-corrected chi connectivity index (χ2v) is 7.35. The molecule has 4 aromatic rings. The van der Waals surface area contributed by atoms with E-state index in [-0.39, 0.29) is 5.91 Å². The summed E-state index contributed by atoms with van der Waals surface area (Å²) in [4.78, 5) is 22.2. The maximum atomic E-state index is 12.7. The lowest BCUT2D eigenvalue weighted by Gasteiger charge is -2.03. The van der Waals surface area contributed by atoms with E-state index in [0.29, 0.717) is 22.0 Å². The van der Waals surface area contributed by atoms with Crippen molar-refractivity contribution < 1.29 is 9.21 Å². The van der Waals surface area contributed by atoms with Crippen molar-refractivity contribution in [2.45, 2.75) is 27.2 Å². The van der Waals surface area contributed by atoms with Gasteiger partial charge in [0.25, 0.3) is 5.91 Å². The second-order valence-electron chi connectivity index (χ2n) is 6.35. The Kier molecular flexibility index (Phi) is 4.49. The zero-order valence-corrected chi connectivity index (χ0v) is 16.2. The molecule has 1 N–H and O–H groups in total. The van der Waals surface area contributed by atoms with E-state index in [9.17, 15) is 4.79 Å². The molecule has 0 fully saturated rings. The second kappa shape index (κ2) is 6.96. The minimum absolute atomic E-state index is 0.166. The summed E-state index contributed by atoms with van der Waals surface area (Å²) >= 11 is 1.40. The molecule has 27 heavy (non-hydrogen) atoms. The van der Waals surface area contributed by atoms with Gasteiger partial charge in [0.05, 0.1) is 5.69 Å². The number of carbonyl (C=O) groups is 1. The monoisotopic (exact) mass is 377 g/mol. The Morgan fingerprint density at radius 3 is 2.63 bits per heavy atom. The SMILES string of the molecule is CCc1ccc(-c2nc(C)c(C(=O)Nc3ccc4oc(C)nc4c3)s2)cc1. The van der Waals surface area contributed by atoms with E-state index >= 15 is 0 Å². The number of amides is 1. The largest absolute Gasteiger partial charge is 0.441 e. The fraction of sp³-hybridized carbons (Fsp3) is 0.190. The summed E-state index contributed by atoms with van der Waals surface area (Å²) in [6, 6.07) is 13.7. The Morgan fingerprint density at radius 1 is 1.11 bits per heavy atom. The number of rotatable bonds is 4. The molecule has 5 nitrogen and oxygen atoms in total. The number of benzene rings is 2. The van der Waals surface area contributed by atoms with Gasteiger partial charge in [-0.2, -0.15) is 0 Å². The maximum Gasteiger partial charge on any atom is 0.267 e. The molecule has 6 heteroatoms. The normalized spacial score (nSPS) is 11.1. The molecule has 0 saturated heterocycles. The summed E-state index contributed by atoms with van der Waals surface area (Å²) < 4.78 is 5.47. The number of carbonyl (C=O) groups excluding carboxylic acids is 1. The van der Waals surface area contributed by atoms with Crippen LogP contribution in [0.3, 0.4) is 0 Å². The van der Waals surface area contributed by atoms with Gasteiger partial charge in [-0.25, -0.2) is 9.97 Å². The predicted molar refractivity (Wildman–Crippen MR) is 108 cm³/mol. The highest BCUT2D eigenvalue weighted by Crippen LogP contribution is 2.29. The topological polar surface area (TPSA) is 68.0 Å². The molecule has 0 radical (unpaired) electrons. The summed E-state index contributed by atoms with van der Waals surface area (Å²) in [7, 11) is 0. The van der Waals surface area contributed by atoms with Gasteiger partial charge in [-0.05, 0) is 37.1 Å². The van der Waals surface area contributed by atoms with Crippen LogP contribution in [0, 0.1) is 13.8 Å².